The van der Waals surface area contributed by atoms with Crippen LogP contribution in [0.1, 0.15) is 37.9 Å². The van der Waals surface area contributed by atoms with E-state index in [4.69, 9.17) is 25.2 Å². The van der Waals surface area contributed by atoms with Gasteiger partial charge in [-0.3, -0.25) is 4.99 Å². The average molecular weight is 461 g/mol. The van der Waals surface area contributed by atoms with Gasteiger partial charge in [0.2, 0.25) is 5.95 Å². The van der Waals surface area contributed by atoms with E-state index in [1.165, 1.54) is 13.2 Å². The van der Waals surface area contributed by atoms with E-state index >= 15 is 0 Å². The molecule has 0 saturated heterocycles. The predicted molar refractivity (Wildman–Crippen MR) is 120 cm³/mol. The molecule has 4 rings (SSSR count). The van der Waals surface area contributed by atoms with E-state index in [0.29, 0.717) is 40.4 Å². The second-order valence-corrected chi connectivity index (χ2v) is 8.68. The molecule has 3 aromatic rings. The van der Waals surface area contributed by atoms with Gasteiger partial charge < -0.3 is 25.1 Å². The Hall–Kier alpha value is -3.43. The van der Waals surface area contributed by atoms with Gasteiger partial charge in [0.1, 0.15) is 0 Å². The Balaban J connectivity index is 1.97. The van der Waals surface area contributed by atoms with Gasteiger partial charge in [-0.05, 0) is 50.6 Å². The molecule has 1 atom stereocenters. The topological polar surface area (TPSA) is 86.7 Å². The number of nitrogens with zero attached hydrogens (tertiary/aromatic N) is 3. The van der Waals surface area contributed by atoms with Gasteiger partial charge in [-0.1, -0.05) is 0 Å². The molecule has 2 heterocycles. The maximum Gasteiger partial charge on any atom is 0.416 e. The van der Waals surface area contributed by atoms with Gasteiger partial charge in [0.25, 0.3) is 0 Å². The molecule has 0 spiro atoms. The first-order chi connectivity index (χ1) is 15.4. The third-order valence-corrected chi connectivity index (χ3v) is 5.80. The molecule has 0 radical (unpaired) electrons. The molecule has 0 fully saturated rings. The number of benzene rings is 2. The van der Waals surface area contributed by atoms with Crippen LogP contribution in [0, 0.1) is 0 Å². The summed E-state index contributed by atoms with van der Waals surface area (Å²) in [6, 6.07) is 6.50. The largest absolute Gasteiger partial charge is 0.493 e. The van der Waals surface area contributed by atoms with Gasteiger partial charge in [-0.15, -0.1) is 0 Å². The smallest absolute Gasteiger partial charge is 0.416 e. The summed E-state index contributed by atoms with van der Waals surface area (Å²) in [5.41, 5.74) is 6.25. The van der Waals surface area contributed by atoms with Crippen molar-refractivity contribution in [3.63, 3.8) is 0 Å². The van der Waals surface area contributed by atoms with Crippen molar-refractivity contribution in [2.75, 3.05) is 31.8 Å². The fourth-order valence-electron chi connectivity index (χ4n) is 4.10. The molecular weight excluding hydrogens is 435 g/mol. The minimum Gasteiger partial charge on any atom is -0.493 e. The highest BCUT2D eigenvalue weighted by atomic mass is 19.4. The third-order valence-electron chi connectivity index (χ3n) is 5.80. The summed E-state index contributed by atoms with van der Waals surface area (Å²) in [4.78, 5) is 9.40. The lowest BCUT2D eigenvalue weighted by Gasteiger charge is -2.23. The van der Waals surface area contributed by atoms with Crippen molar-refractivity contribution in [1.29, 1.82) is 0 Å². The van der Waals surface area contributed by atoms with Crippen molar-refractivity contribution < 1.29 is 22.6 Å². The number of rotatable bonds is 4. The maximum absolute atomic E-state index is 13.3. The van der Waals surface area contributed by atoms with Crippen LogP contribution >= 0.6 is 0 Å². The number of ether oxygens (including phenoxy) is 2. The first-order valence-corrected chi connectivity index (χ1v) is 10.4. The van der Waals surface area contributed by atoms with Crippen LogP contribution in [0.4, 0.5) is 24.8 Å². The summed E-state index contributed by atoms with van der Waals surface area (Å²) in [6.45, 7) is 6.53. The summed E-state index contributed by atoms with van der Waals surface area (Å²) in [6.07, 6.45) is -4.50. The van der Waals surface area contributed by atoms with Crippen LogP contribution in [0.3, 0.4) is 0 Å². The molecule has 0 bridgehead atoms. The molecule has 2 aromatic carbocycles. The minimum atomic E-state index is -4.50. The Kier molecular flexibility index (Phi) is 5.42. The molecule has 0 amide bonds. The number of hydrogen-bond donors (Lipinski definition) is 2. The lowest BCUT2D eigenvalue weighted by molar-refractivity contribution is -0.137. The van der Waals surface area contributed by atoms with Crippen LogP contribution < -0.4 is 26.0 Å². The van der Waals surface area contributed by atoms with Crippen LogP contribution in [0.2, 0.25) is 0 Å². The first-order valence-electron chi connectivity index (χ1n) is 10.4. The first kappa shape index (κ1) is 22.8. The average Bonchev–Trinajstić information content (AvgIpc) is 3.06. The van der Waals surface area contributed by atoms with Gasteiger partial charge >= 0.3 is 6.18 Å². The van der Waals surface area contributed by atoms with Crippen molar-refractivity contribution >= 4 is 22.5 Å². The van der Waals surface area contributed by atoms with E-state index in [1.54, 1.807) is 20.1 Å². The standard InChI is InChI=1S/C23H26F3N5O2/c1-12(13-6-14(23(24,25)26)8-15(27)7-13)29-20-16-9-18(32-4)19(33-5)10-17(16)31-21(30-20)28-11-22(31,2)3/h6-10,12H,11,27H2,1-5H3,(H,28,29,30)/t12-/m1/s1. The van der Waals surface area contributed by atoms with Crippen LogP contribution in [0.15, 0.2) is 35.3 Å². The van der Waals surface area contributed by atoms with Crippen LogP contribution in [0.5, 0.6) is 11.5 Å². The van der Waals surface area contributed by atoms with Crippen molar-refractivity contribution in [2.45, 2.75) is 38.5 Å². The number of nitrogens with one attached hydrogen (secondary N) is 1. The molecule has 0 saturated carbocycles. The molecule has 33 heavy (non-hydrogen) atoms. The number of hydrogen-bond acceptors (Lipinski definition) is 6. The normalized spacial score (nSPS) is 16.4. The van der Waals surface area contributed by atoms with Gasteiger partial charge in [0.15, 0.2) is 17.0 Å². The molecular formula is C23H26F3N5O2. The number of nitrogens with two attached hydrogens (primary N) is 1. The Morgan fingerprint density at radius 2 is 1.79 bits per heavy atom. The van der Waals surface area contributed by atoms with Gasteiger partial charge in [-0.2, -0.15) is 18.2 Å². The number of alkyl halides is 3. The van der Waals surface area contributed by atoms with Gasteiger partial charge in [0.05, 0.1) is 36.9 Å². The molecule has 7 nitrogen and oxygen atoms in total. The minimum absolute atomic E-state index is 0.0269. The molecule has 1 aliphatic heterocycles. The summed E-state index contributed by atoms with van der Waals surface area (Å²) >= 11 is 0. The number of fused-ring (bicyclic) bond motifs is 3. The fraction of sp³-hybridized carbons (Fsp3) is 0.391. The van der Waals surface area contributed by atoms with E-state index in [9.17, 15) is 13.2 Å². The van der Waals surface area contributed by atoms with Crippen LogP contribution in [0.25, 0.3) is 10.9 Å². The predicted octanol–water partition coefficient (Wildman–Crippen LogP) is 4.48. The number of nitrogen functional groups attached to an aromatic ring is 1. The zero-order chi connectivity index (χ0) is 24.1. The molecule has 1 aromatic heterocycles. The van der Waals surface area contributed by atoms with Crippen molar-refractivity contribution in [2.24, 2.45) is 4.99 Å². The summed E-state index contributed by atoms with van der Waals surface area (Å²) in [5.74, 6) is 1.68. The highest BCUT2D eigenvalue weighted by Crippen LogP contribution is 2.37. The van der Waals surface area contributed by atoms with Crippen LogP contribution in [-0.2, 0) is 11.7 Å². The Labute approximate surface area is 189 Å². The van der Waals surface area contributed by atoms with E-state index in [-0.39, 0.29) is 11.2 Å². The van der Waals surface area contributed by atoms with Gasteiger partial charge in [-0.25, -0.2) is 0 Å². The Morgan fingerprint density at radius 1 is 1.12 bits per heavy atom. The molecule has 176 valence electrons. The maximum atomic E-state index is 13.3. The molecule has 0 unspecified atom stereocenters. The molecule has 0 aliphatic carbocycles. The van der Waals surface area contributed by atoms with Crippen molar-refractivity contribution in [1.82, 2.24) is 9.55 Å². The molecule has 10 heteroatoms. The zero-order valence-electron chi connectivity index (χ0n) is 19.0. The number of anilines is 2. The summed E-state index contributed by atoms with van der Waals surface area (Å²) < 4.78 is 52.9. The van der Waals surface area contributed by atoms with Crippen molar-refractivity contribution in [3.8, 4) is 11.5 Å². The zero-order valence-corrected chi connectivity index (χ0v) is 19.0. The molecule has 1 aliphatic rings. The highest BCUT2D eigenvalue weighted by molar-refractivity contribution is 5.84. The monoisotopic (exact) mass is 461 g/mol. The number of methoxy groups -OCH3 is 2. The quantitative estimate of drug-likeness (QED) is 0.560. The lowest BCUT2D eigenvalue weighted by atomic mass is 10.0. The van der Waals surface area contributed by atoms with Crippen LogP contribution in [-0.4, -0.2) is 30.3 Å². The van der Waals surface area contributed by atoms with E-state index in [1.807, 2.05) is 6.07 Å². The SMILES string of the molecule is COc1cc2c(=N[C@H](C)c3cc(N)cc(C(F)(F)F)c3)nc3n(c2cc1OC)C(C)(C)CN3. The molecule has 3 N–H and O–H groups in total. The number of halogens is 3. The van der Waals surface area contributed by atoms with E-state index in [0.717, 1.165) is 17.6 Å². The second kappa shape index (κ2) is 7.86. The van der Waals surface area contributed by atoms with E-state index in [2.05, 4.69) is 23.7 Å². The van der Waals surface area contributed by atoms with Crippen molar-refractivity contribution in [3.05, 3.63) is 46.9 Å². The second-order valence-electron chi connectivity index (χ2n) is 8.68. The number of aromatic nitrogens is 2. The fourth-order valence-corrected chi connectivity index (χ4v) is 4.10. The highest BCUT2D eigenvalue weighted by Gasteiger charge is 2.33. The summed E-state index contributed by atoms with van der Waals surface area (Å²) in [7, 11) is 3.10. The Bertz CT molecular complexity index is 1300. The lowest BCUT2D eigenvalue weighted by Crippen LogP contribution is -2.27. The summed E-state index contributed by atoms with van der Waals surface area (Å²) in [5, 5.41) is 3.99. The Morgan fingerprint density at radius 3 is 2.42 bits per heavy atom. The van der Waals surface area contributed by atoms with E-state index < -0.39 is 17.8 Å². The van der Waals surface area contributed by atoms with Gasteiger partial charge in [0, 0.05) is 23.7 Å². The third kappa shape index (κ3) is 4.05.